The van der Waals surface area contributed by atoms with Gasteiger partial charge in [0.2, 0.25) is 5.91 Å². The van der Waals surface area contributed by atoms with Crippen molar-refractivity contribution in [2.24, 2.45) is 0 Å². The minimum Gasteiger partial charge on any atom is -0.394 e. The monoisotopic (exact) mass is 842 g/mol. The van der Waals surface area contributed by atoms with E-state index < -0.39 is 12.1 Å². The van der Waals surface area contributed by atoms with Crippen LogP contribution in [0.5, 0.6) is 0 Å². The standard InChI is InChI=1S/C56H107NO3/c1-3-5-7-9-11-13-15-17-19-21-23-25-26-27-28-29-30-32-33-35-37-39-41-43-45-47-49-51-55(59)54(53-58)57-56(60)52-50-48-46-44-42-40-38-36-34-31-24-22-20-18-16-14-12-10-8-6-4-2/h16,18,22,24,34,36,54-55,58-59H,3-15,17,19-21,23,25-33,35,37-53H2,1-2H3,(H,57,60)/b18-16-,24-22-,36-34-. The van der Waals surface area contributed by atoms with Crippen LogP contribution in [0.1, 0.15) is 296 Å². The lowest BCUT2D eigenvalue weighted by atomic mass is 10.0. The minimum absolute atomic E-state index is 0.0404. The van der Waals surface area contributed by atoms with Crippen LogP contribution in [0, 0.1) is 0 Å². The van der Waals surface area contributed by atoms with Crippen LogP contribution in [0.2, 0.25) is 0 Å². The fourth-order valence-corrected chi connectivity index (χ4v) is 8.49. The van der Waals surface area contributed by atoms with Crippen LogP contribution in [0.25, 0.3) is 0 Å². The average molecular weight is 842 g/mol. The van der Waals surface area contributed by atoms with E-state index in [2.05, 4.69) is 55.6 Å². The Morgan fingerprint density at radius 1 is 0.400 bits per heavy atom. The Morgan fingerprint density at radius 3 is 1.02 bits per heavy atom. The maximum atomic E-state index is 12.5. The third kappa shape index (κ3) is 47.7. The lowest BCUT2D eigenvalue weighted by Gasteiger charge is -2.22. The van der Waals surface area contributed by atoms with E-state index in [1.165, 1.54) is 218 Å². The normalized spacial score (nSPS) is 13.1. The molecule has 3 N–H and O–H groups in total. The molecule has 0 fully saturated rings. The average Bonchev–Trinajstić information content (AvgIpc) is 3.25. The highest BCUT2D eigenvalue weighted by molar-refractivity contribution is 5.76. The Balaban J connectivity index is 3.47. The molecule has 0 heterocycles. The predicted molar refractivity (Wildman–Crippen MR) is 267 cm³/mol. The summed E-state index contributed by atoms with van der Waals surface area (Å²) >= 11 is 0. The topological polar surface area (TPSA) is 69.6 Å². The number of aliphatic hydroxyl groups is 2. The van der Waals surface area contributed by atoms with Crippen molar-refractivity contribution in [3.05, 3.63) is 36.5 Å². The number of amides is 1. The van der Waals surface area contributed by atoms with E-state index in [0.717, 1.165) is 51.4 Å². The molecule has 0 aliphatic rings. The van der Waals surface area contributed by atoms with Crippen LogP contribution in [0.3, 0.4) is 0 Å². The number of hydrogen-bond donors (Lipinski definition) is 3. The van der Waals surface area contributed by atoms with Crippen molar-refractivity contribution in [3.8, 4) is 0 Å². The molecule has 0 radical (unpaired) electrons. The molecule has 354 valence electrons. The number of carbonyl (C=O) groups excluding carboxylic acids is 1. The van der Waals surface area contributed by atoms with E-state index in [4.69, 9.17) is 0 Å². The van der Waals surface area contributed by atoms with Crippen molar-refractivity contribution in [3.63, 3.8) is 0 Å². The van der Waals surface area contributed by atoms with Gasteiger partial charge in [-0.1, -0.05) is 275 Å². The van der Waals surface area contributed by atoms with Gasteiger partial charge >= 0.3 is 0 Å². The fourth-order valence-electron chi connectivity index (χ4n) is 8.49. The maximum Gasteiger partial charge on any atom is 0.220 e. The summed E-state index contributed by atoms with van der Waals surface area (Å²) in [5, 5.41) is 23.3. The number of hydrogen-bond acceptors (Lipinski definition) is 3. The Hall–Kier alpha value is -1.39. The van der Waals surface area contributed by atoms with Crippen LogP contribution < -0.4 is 5.32 Å². The van der Waals surface area contributed by atoms with Gasteiger partial charge in [-0.15, -0.1) is 0 Å². The van der Waals surface area contributed by atoms with Gasteiger partial charge in [-0.2, -0.15) is 0 Å². The van der Waals surface area contributed by atoms with Gasteiger partial charge in [-0.3, -0.25) is 4.79 Å². The van der Waals surface area contributed by atoms with Gasteiger partial charge in [-0.05, 0) is 51.4 Å². The second kappa shape index (κ2) is 52.0. The molecule has 0 rings (SSSR count). The molecule has 0 aromatic carbocycles. The highest BCUT2D eigenvalue weighted by Crippen LogP contribution is 2.17. The minimum atomic E-state index is -0.667. The number of carbonyl (C=O) groups is 1. The zero-order chi connectivity index (χ0) is 43.5. The van der Waals surface area contributed by atoms with Crippen molar-refractivity contribution in [1.29, 1.82) is 0 Å². The molecule has 1 amide bonds. The molecule has 2 unspecified atom stereocenters. The van der Waals surface area contributed by atoms with Gasteiger partial charge in [0, 0.05) is 6.42 Å². The summed E-state index contributed by atoms with van der Waals surface area (Å²) in [5.41, 5.74) is 0. The molecule has 0 aliphatic heterocycles. The highest BCUT2D eigenvalue weighted by Gasteiger charge is 2.20. The van der Waals surface area contributed by atoms with Crippen LogP contribution in [0.4, 0.5) is 0 Å². The summed E-state index contributed by atoms with van der Waals surface area (Å²) in [7, 11) is 0. The SMILES string of the molecule is CCCCCCC/C=C\C/C=C\C/C=C\CCCCCCCCC(=O)NC(CO)C(O)CCCCCCCCCCCCCCCCCCCCCCCCCCCCC. The lowest BCUT2D eigenvalue weighted by Crippen LogP contribution is -2.45. The third-order valence-electron chi connectivity index (χ3n) is 12.7. The predicted octanol–water partition coefficient (Wildman–Crippen LogP) is 17.7. The van der Waals surface area contributed by atoms with E-state index in [1.54, 1.807) is 0 Å². The van der Waals surface area contributed by atoms with E-state index >= 15 is 0 Å². The summed E-state index contributed by atoms with van der Waals surface area (Å²) in [6.07, 6.45) is 69.8. The first-order chi connectivity index (χ1) is 29.7. The number of unbranched alkanes of at least 4 members (excludes halogenated alkanes) is 37. The molecule has 0 aromatic heterocycles. The van der Waals surface area contributed by atoms with Gasteiger partial charge in [-0.25, -0.2) is 0 Å². The summed E-state index contributed by atoms with van der Waals surface area (Å²) in [5.74, 6) is -0.0404. The number of allylic oxidation sites excluding steroid dienone is 6. The van der Waals surface area contributed by atoms with Crippen molar-refractivity contribution >= 4 is 5.91 Å². The molecule has 4 nitrogen and oxygen atoms in total. The van der Waals surface area contributed by atoms with Crippen LogP contribution in [-0.4, -0.2) is 34.9 Å². The second-order valence-electron chi connectivity index (χ2n) is 18.7. The zero-order valence-electron chi connectivity index (χ0n) is 40.7. The molecular weight excluding hydrogens is 735 g/mol. The molecular formula is C56H107NO3. The molecule has 60 heavy (non-hydrogen) atoms. The summed E-state index contributed by atoms with van der Waals surface area (Å²) in [4.78, 5) is 12.5. The van der Waals surface area contributed by atoms with Gasteiger partial charge in [0.05, 0.1) is 18.8 Å². The Morgan fingerprint density at radius 2 is 0.683 bits per heavy atom. The molecule has 0 aliphatic carbocycles. The number of nitrogens with one attached hydrogen (secondary N) is 1. The summed E-state index contributed by atoms with van der Waals surface area (Å²) in [6, 6.07) is -0.545. The van der Waals surface area contributed by atoms with E-state index in [-0.39, 0.29) is 12.5 Å². The van der Waals surface area contributed by atoms with Crippen LogP contribution >= 0.6 is 0 Å². The third-order valence-corrected chi connectivity index (χ3v) is 12.7. The van der Waals surface area contributed by atoms with Crippen LogP contribution in [-0.2, 0) is 4.79 Å². The fraction of sp³-hybridized carbons (Fsp3) is 0.875. The van der Waals surface area contributed by atoms with E-state index in [0.29, 0.717) is 12.8 Å². The lowest BCUT2D eigenvalue weighted by molar-refractivity contribution is -0.123. The molecule has 2 atom stereocenters. The second-order valence-corrected chi connectivity index (χ2v) is 18.7. The zero-order valence-corrected chi connectivity index (χ0v) is 40.7. The van der Waals surface area contributed by atoms with Gasteiger partial charge < -0.3 is 15.5 Å². The molecule has 0 aromatic rings. The van der Waals surface area contributed by atoms with Gasteiger partial charge in [0.25, 0.3) is 0 Å². The van der Waals surface area contributed by atoms with E-state index in [1.807, 2.05) is 0 Å². The maximum absolute atomic E-state index is 12.5. The van der Waals surface area contributed by atoms with Crippen molar-refractivity contribution in [2.45, 2.75) is 309 Å². The smallest absolute Gasteiger partial charge is 0.220 e. The quantitative estimate of drug-likeness (QED) is 0.0422. The van der Waals surface area contributed by atoms with Gasteiger partial charge in [0.15, 0.2) is 0 Å². The van der Waals surface area contributed by atoms with E-state index in [9.17, 15) is 15.0 Å². The molecule has 0 saturated heterocycles. The Bertz CT molecular complexity index is 912. The summed E-state index contributed by atoms with van der Waals surface area (Å²) in [6.45, 7) is 4.37. The highest BCUT2D eigenvalue weighted by atomic mass is 16.3. The van der Waals surface area contributed by atoms with Crippen molar-refractivity contribution in [2.75, 3.05) is 6.61 Å². The Kier molecular flexibility index (Phi) is 50.8. The Labute approximate surface area is 376 Å². The first-order valence-electron chi connectivity index (χ1n) is 27.2. The molecule has 0 saturated carbocycles. The largest absolute Gasteiger partial charge is 0.394 e. The molecule has 0 spiro atoms. The number of aliphatic hydroxyl groups excluding tert-OH is 2. The molecule has 4 heteroatoms. The first-order valence-corrected chi connectivity index (χ1v) is 27.2. The first kappa shape index (κ1) is 58.6. The summed E-state index contributed by atoms with van der Waals surface area (Å²) < 4.78 is 0. The van der Waals surface area contributed by atoms with Crippen molar-refractivity contribution in [1.82, 2.24) is 5.32 Å². The van der Waals surface area contributed by atoms with Crippen LogP contribution in [0.15, 0.2) is 36.5 Å². The number of rotatable bonds is 50. The van der Waals surface area contributed by atoms with Gasteiger partial charge in [0.1, 0.15) is 0 Å². The molecule has 0 bridgehead atoms. The van der Waals surface area contributed by atoms with Crippen molar-refractivity contribution < 1.29 is 15.0 Å².